The standard InChI is InChI=1S/C5H9N5O/c6-3-1-9-2-5(8,10-3)4(7)11/h1-2,10H,6,8H2,(H2,7,11). The number of nitrogens with zero attached hydrogens (tertiary/aromatic N) is 1. The number of aliphatic imine (C=N–C) groups is 1. The quantitative estimate of drug-likeness (QED) is 0.336. The van der Waals surface area contributed by atoms with Gasteiger partial charge in [-0.25, -0.2) is 0 Å². The van der Waals surface area contributed by atoms with E-state index in [1.54, 1.807) is 0 Å². The topological polar surface area (TPSA) is 120 Å². The normalized spacial score (nSPS) is 29.0. The van der Waals surface area contributed by atoms with Gasteiger partial charge >= 0.3 is 0 Å². The van der Waals surface area contributed by atoms with Crippen LogP contribution < -0.4 is 22.5 Å². The van der Waals surface area contributed by atoms with Crippen LogP contribution in [0.3, 0.4) is 0 Å². The third-order valence-electron chi connectivity index (χ3n) is 1.25. The Kier molecular flexibility index (Phi) is 1.54. The first-order chi connectivity index (χ1) is 5.04. The minimum absolute atomic E-state index is 0.216. The lowest BCUT2D eigenvalue weighted by molar-refractivity contribution is -0.121. The van der Waals surface area contributed by atoms with Crippen LogP contribution in [0.25, 0.3) is 0 Å². The molecule has 6 heteroatoms. The number of rotatable bonds is 1. The van der Waals surface area contributed by atoms with Crippen LogP contribution in [0, 0.1) is 0 Å². The lowest BCUT2D eigenvalue weighted by Crippen LogP contribution is -2.65. The van der Waals surface area contributed by atoms with E-state index in [1.165, 1.54) is 12.4 Å². The molecule has 0 saturated heterocycles. The summed E-state index contributed by atoms with van der Waals surface area (Å²) in [7, 11) is 0. The SMILES string of the molecule is NC(=O)C1(N)C=NC=C(N)N1. The molecule has 6 nitrogen and oxygen atoms in total. The number of nitrogens with one attached hydrogen (secondary N) is 1. The monoisotopic (exact) mass is 155 g/mol. The van der Waals surface area contributed by atoms with Gasteiger partial charge in [0, 0.05) is 0 Å². The highest BCUT2D eigenvalue weighted by Crippen LogP contribution is 1.98. The molecule has 0 radical (unpaired) electrons. The van der Waals surface area contributed by atoms with E-state index < -0.39 is 11.6 Å². The van der Waals surface area contributed by atoms with Gasteiger partial charge in [0.25, 0.3) is 5.91 Å². The fraction of sp³-hybridized carbons (Fsp3) is 0.200. The fourth-order valence-corrected chi connectivity index (χ4v) is 0.664. The second kappa shape index (κ2) is 2.24. The molecule has 0 aromatic heterocycles. The summed E-state index contributed by atoms with van der Waals surface area (Å²) in [5.41, 5.74) is 14.3. The van der Waals surface area contributed by atoms with Crippen LogP contribution >= 0.6 is 0 Å². The number of hydrogen-bond donors (Lipinski definition) is 4. The van der Waals surface area contributed by atoms with Crippen molar-refractivity contribution in [2.75, 3.05) is 0 Å². The Balaban J connectivity index is 2.86. The molecule has 0 aromatic carbocycles. The van der Waals surface area contributed by atoms with E-state index in [2.05, 4.69) is 10.3 Å². The Hall–Kier alpha value is -1.56. The molecule has 1 amide bonds. The van der Waals surface area contributed by atoms with E-state index in [1.807, 2.05) is 0 Å². The van der Waals surface area contributed by atoms with E-state index >= 15 is 0 Å². The molecule has 1 unspecified atom stereocenters. The van der Waals surface area contributed by atoms with Crippen molar-refractivity contribution in [1.29, 1.82) is 0 Å². The summed E-state index contributed by atoms with van der Waals surface area (Å²) in [5, 5.41) is 2.48. The van der Waals surface area contributed by atoms with Gasteiger partial charge in [-0.1, -0.05) is 0 Å². The van der Waals surface area contributed by atoms with Gasteiger partial charge in [0.2, 0.25) is 5.66 Å². The molecule has 60 valence electrons. The van der Waals surface area contributed by atoms with Gasteiger partial charge in [-0.3, -0.25) is 15.5 Å². The number of amides is 1. The van der Waals surface area contributed by atoms with E-state index in [9.17, 15) is 4.79 Å². The average Bonchev–Trinajstić information content (AvgIpc) is 1.86. The predicted octanol–water partition coefficient (Wildman–Crippen LogP) is -2.44. The average molecular weight is 155 g/mol. The van der Waals surface area contributed by atoms with Crippen LogP contribution in [-0.2, 0) is 4.79 Å². The summed E-state index contributed by atoms with van der Waals surface area (Å²) in [5.74, 6) is -0.508. The summed E-state index contributed by atoms with van der Waals surface area (Å²) >= 11 is 0. The third kappa shape index (κ3) is 1.30. The molecular weight excluding hydrogens is 146 g/mol. The lowest BCUT2D eigenvalue weighted by atomic mass is 10.2. The van der Waals surface area contributed by atoms with E-state index in [0.717, 1.165) is 0 Å². The zero-order chi connectivity index (χ0) is 8.48. The van der Waals surface area contributed by atoms with Crippen molar-refractivity contribution >= 4 is 12.1 Å². The van der Waals surface area contributed by atoms with Crippen LogP contribution in [0.5, 0.6) is 0 Å². The Labute approximate surface area is 63.1 Å². The lowest BCUT2D eigenvalue weighted by Gasteiger charge is -2.25. The molecule has 1 aliphatic heterocycles. The fourth-order valence-electron chi connectivity index (χ4n) is 0.664. The highest BCUT2D eigenvalue weighted by molar-refractivity contribution is 6.02. The molecule has 0 aromatic rings. The molecule has 11 heavy (non-hydrogen) atoms. The van der Waals surface area contributed by atoms with Gasteiger partial charge in [-0.05, 0) is 0 Å². The van der Waals surface area contributed by atoms with Crippen molar-refractivity contribution in [3.63, 3.8) is 0 Å². The second-order valence-corrected chi connectivity index (χ2v) is 2.22. The highest BCUT2D eigenvalue weighted by atomic mass is 16.2. The Morgan fingerprint density at radius 2 is 2.36 bits per heavy atom. The summed E-state index contributed by atoms with van der Waals surface area (Å²) in [4.78, 5) is 14.3. The van der Waals surface area contributed by atoms with Crippen molar-refractivity contribution < 1.29 is 4.79 Å². The van der Waals surface area contributed by atoms with Crippen LogP contribution in [-0.4, -0.2) is 17.8 Å². The molecule has 1 rings (SSSR count). The van der Waals surface area contributed by atoms with Crippen molar-refractivity contribution in [2.24, 2.45) is 22.2 Å². The molecule has 0 fully saturated rings. The van der Waals surface area contributed by atoms with Gasteiger partial charge in [0.15, 0.2) is 0 Å². The minimum Gasteiger partial charge on any atom is -0.384 e. The first-order valence-corrected chi connectivity index (χ1v) is 2.91. The van der Waals surface area contributed by atoms with Crippen molar-refractivity contribution in [2.45, 2.75) is 5.66 Å². The number of primary amides is 1. The zero-order valence-electron chi connectivity index (χ0n) is 5.74. The van der Waals surface area contributed by atoms with E-state index in [4.69, 9.17) is 17.2 Å². The first kappa shape index (κ1) is 7.55. The van der Waals surface area contributed by atoms with Crippen molar-refractivity contribution in [1.82, 2.24) is 5.32 Å². The molecule has 0 saturated carbocycles. The number of carbonyl (C=O) groups is 1. The Morgan fingerprint density at radius 3 is 2.73 bits per heavy atom. The van der Waals surface area contributed by atoms with E-state index in [0.29, 0.717) is 0 Å². The summed E-state index contributed by atoms with van der Waals surface area (Å²) < 4.78 is 0. The first-order valence-electron chi connectivity index (χ1n) is 2.91. The summed E-state index contributed by atoms with van der Waals surface area (Å²) in [6, 6.07) is 0. The maximum absolute atomic E-state index is 10.7. The molecule has 0 spiro atoms. The number of carbonyl (C=O) groups excluding carboxylic acids is 1. The van der Waals surface area contributed by atoms with Gasteiger partial charge in [-0.15, -0.1) is 0 Å². The van der Waals surface area contributed by atoms with Gasteiger partial charge in [-0.2, -0.15) is 0 Å². The maximum Gasteiger partial charge on any atom is 0.263 e. The molecule has 1 heterocycles. The largest absolute Gasteiger partial charge is 0.384 e. The molecule has 1 atom stereocenters. The summed E-state index contributed by atoms with van der Waals surface area (Å²) in [6.45, 7) is 0. The molecule has 7 N–H and O–H groups in total. The van der Waals surface area contributed by atoms with Crippen LogP contribution in [0.4, 0.5) is 0 Å². The van der Waals surface area contributed by atoms with Crippen LogP contribution in [0.1, 0.15) is 0 Å². The van der Waals surface area contributed by atoms with Crippen molar-refractivity contribution in [3.8, 4) is 0 Å². The smallest absolute Gasteiger partial charge is 0.263 e. The molecule has 1 aliphatic rings. The van der Waals surface area contributed by atoms with Crippen LogP contribution in [0.2, 0.25) is 0 Å². The number of hydrogen-bond acceptors (Lipinski definition) is 5. The Morgan fingerprint density at radius 1 is 1.73 bits per heavy atom. The van der Waals surface area contributed by atoms with E-state index in [-0.39, 0.29) is 5.82 Å². The summed E-state index contributed by atoms with van der Waals surface area (Å²) in [6.07, 6.45) is 2.54. The molecule has 0 aliphatic carbocycles. The van der Waals surface area contributed by atoms with Gasteiger partial charge < -0.3 is 16.8 Å². The second-order valence-electron chi connectivity index (χ2n) is 2.22. The third-order valence-corrected chi connectivity index (χ3v) is 1.25. The van der Waals surface area contributed by atoms with Crippen molar-refractivity contribution in [3.05, 3.63) is 12.0 Å². The Bertz CT molecular complexity index is 245. The molecular formula is C5H9N5O. The van der Waals surface area contributed by atoms with Gasteiger partial charge in [0.1, 0.15) is 5.82 Å². The molecule has 0 bridgehead atoms. The van der Waals surface area contributed by atoms with Crippen LogP contribution in [0.15, 0.2) is 17.0 Å². The predicted molar refractivity (Wildman–Crippen MR) is 40.0 cm³/mol. The zero-order valence-corrected chi connectivity index (χ0v) is 5.74. The number of nitrogens with two attached hydrogens (primary N) is 3. The maximum atomic E-state index is 10.7. The van der Waals surface area contributed by atoms with Gasteiger partial charge in [0.05, 0.1) is 12.4 Å². The highest BCUT2D eigenvalue weighted by Gasteiger charge is 2.31. The minimum atomic E-state index is -1.45.